The Labute approximate surface area is 119 Å². The summed E-state index contributed by atoms with van der Waals surface area (Å²) in [6.45, 7) is 7.23. The van der Waals surface area contributed by atoms with Crippen molar-refractivity contribution in [1.29, 1.82) is 0 Å². The van der Waals surface area contributed by atoms with Gasteiger partial charge in [-0.2, -0.15) is 0 Å². The molecule has 2 aliphatic rings. The number of hydrogen-bond acceptors (Lipinski definition) is 2. The molecule has 0 spiro atoms. The highest BCUT2D eigenvalue weighted by atomic mass is 19.1. The second kappa shape index (κ2) is 5.32. The molecule has 1 aromatic rings. The number of hydrogen-bond donors (Lipinski definition) is 0. The lowest BCUT2D eigenvalue weighted by Gasteiger charge is -2.46. The van der Waals surface area contributed by atoms with Crippen molar-refractivity contribution in [2.24, 2.45) is 5.92 Å². The van der Waals surface area contributed by atoms with Gasteiger partial charge in [0.15, 0.2) is 0 Å². The number of benzene rings is 1. The van der Waals surface area contributed by atoms with Gasteiger partial charge in [0.2, 0.25) is 0 Å². The number of rotatable bonds is 2. The molecule has 1 aromatic carbocycles. The number of halogens is 2. The van der Waals surface area contributed by atoms with Crippen LogP contribution in [-0.4, -0.2) is 36.6 Å². The molecular weight excluding hydrogens is 258 g/mol. The molecule has 0 aliphatic carbocycles. The highest BCUT2D eigenvalue weighted by Crippen LogP contribution is 2.33. The molecule has 2 aliphatic heterocycles. The zero-order valence-electron chi connectivity index (χ0n) is 12.1. The van der Waals surface area contributed by atoms with E-state index in [4.69, 9.17) is 0 Å². The van der Waals surface area contributed by atoms with E-state index in [1.807, 2.05) is 0 Å². The van der Waals surface area contributed by atoms with Crippen LogP contribution in [0.1, 0.15) is 26.7 Å². The van der Waals surface area contributed by atoms with Crippen LogP contribution >= 0.6 is 0 Å². The molecule has 0 amide bonds. The van der Waals surface area contributed by atoms with E-state index in [-0.39, 0.29) is 17.7 Å². The molecule has 2 heterocycles. The van der Waals surface area contributed by atoms with Gasteiger partial charge >= 0.3 is 0 Å². The Kier molecular flexibility index (Phi) is 3.67. The largest absolute Gasteiger partial charge is 0.363 e. The lowest BCUT2D eigenvalue weighted by molar-refractivity contribution is 0.176. The minimum Gasteiger partial charge on any atom is -0.363 e. The Hall–Kier alpha value is -1.16. The maximum atomic E-state index is 14.1. The van der Waals surface area contributed by atoms with Crippen molar-refractivity contribution in [3.63, 3.8) is 0 Å². The minimum atomic E-state index is -0.363. The summed E-state index contributed by atoms with van der Waals surface area (Å²) in [5.74, 6) is -0.263. The van der Waals surface area contributed by atoms with Crippen LogP contribution in [0.3, 0.4) is 0 Å². The molecule has 20 heavy (non-hydrogen) atoms. The minimum absolute atomic E-state index is 0.251. The van der Waals surface area contributed by atoms with Crippen molar-refractivity contribution in [1.82, 2.24) is 4.90 Å². The third kappa shape index (κ3) is 2.41. The van der Waals surface area contributed by atoms with Crippen LogP contribution in [0.15, 0.2) is 18.2 Å². The molecule has 2 nitrogen and oxygen atoms in total. The van der Waals surface area contributed by atoms with Gasteiger partial charge in [-0.05, 0) is 37.4 Å². The summed E-state index contributed by atoms with van der Waals surface area (Å²) >= 11 is 0. The first kappa shape index (κ1) is 13.8. The number of fused-ring (bicyclic) bond motifs is 1. The fourth-order valence-corrected chi connectivity index (χ4v) is 3.60. The maximum Gasteiger partial charge on any atom is 0.146 e. The Morgan fingerprint density at radius 1 is 1.20 bits per heavy atom. The quantitative estimate of drug-likeness (QED) is 0.820. The van der Waals surface area contributed by atoms with Crippen molar-refractivity contribution in [2.45, 2.75) is 38.8 Å². The molecule has 0 bridgehead atoms. The van der Waals surface area contributed by atoms with Crippen LogP contribution in [0.2, 0.25) is 0 Å². The smallest absolute Gasteiger partial charge is 0.146 e. The molecular formula is C16H22F2N2. The van der Waals surface area contributed by atoms with E-state index >= 15 is 0 Å². The molecule has 2 unspecified atom stereocenters. The van der Waals surface area contributed by atoms with E-state index in [9.17, 15) is 8.78 Å². The van der Waals surface area contributed by atoms with Crippen molar-refractivity contribution in [3.05, 3.63) is 29.8 Å². The SMILES string of the molecule is CC(C)C1CN2CCCC2CN1c1cc(F)ccc1F. The van der Waals surface area contributed by atoms with Crippen LogP contribution in [0, 0.1) is 17.6 Å². The van der Waals surface area contributed by atoms with E-state index in [1.54, 1.807) is 0 Å². The standard InChI is InChI=1S/C16H22F2N2/c1-11(2)16-10-19-7-3-4-13(19)9-20(16)15-8-12(17)5-6-14(15)18/h5-6,8,11,13,16H,3-4,7,9-10H2,1-2H3. The Morgan fingerprint density at radius 2 is 2.00 bits per heavy atom. The Morgan fingerprint density at radius 3 is 2.75 bits per heavy atom. The molecule has 2 atom stereocenters. The first-order chi connectivity index (χ1) is 9.56. The molecule has 110 valence electrons. The first-order valence-corrected chi connectivity index (χ1v) is 7.52. The lowest BCUT2D eigenvalue weighted by Crippen LogP contribution is -2.58. The normalized spacial score (nSPS) is 27.1. The summed E-state index contributed by atoms with van der Waals surface area (Å²) < 4.78 is 27.6. The van der Waals surface area contributed by atoms with Crippen LogP contribution in [0.25, 0.3) is 0 Å². The van der Waals surface area contributed by atoms with Crippen molar-refractivity contribution >= 4 is 5.69 Å². The zero-order chi connectivity index (χ0) is 14.3. The Bertz CT molecular complexity index is 489. The van der Waals surface area contributed by atoms with E-state index in [0.29, 0.717) is 17.6 Å². The predicted octanol–water partition coefficient (Wildman–Crippen LogP) is 3.27. The summed E-state index contributed by atoms with van der Waals surface area (Å²) in [5.41, 5.74) is 0.426. The topological polar surface area (TPSA) is 6.48 Å². The molecule has 0 saturated carbocycles. The van der Waals surface area contributed by atoms with Crippen LogP contribution < -0.4 is 4.90 Å². The maximum absolute atomic E-state index is 14.1. The summed E-state index contributed by atoms with van der Waals surface area (Å²) in [5, 5.41) is 0. The second-order valence-electron chi connectivity index (χ2n) is 6.35. The van der Waals surface area contributed by atoms with Gasteiger partial charge in [0, 0.05) is 31.2 Å². The second-order valence-corrected chi connectivity index (χ2v) is 6.35. The van der Waals surface area contributed by atoms with Gasteiger partial charge in [-0.3, -0.25) is 4.90 Å². The highest BCUT2D eigenvalue weighted by molar-refractivity contribution is 5.50. The van der Waals surface area contributed by atoms with E-state index in [0.717, 1.165) is 26.1 Å². The third-order valence-corrected chi connectivity index (χ3v) is 4.72. The molecule has 2 saturated heterocycles. The molecule has 3 rings (SSSR count). The van der Waals surface area contributed by atoms with Crippen LogP contribution in [0.5, 0.6) is 0 Å². The summed E-state index contributed by atoms with van der Waals surface area (Å²) in [6, 6.07) is 4.52. The van der Waals surface area contributed by atoms with Crippen molar-refractivity contribution in [2.75, 3.05) is 24.5 Å². The van der Waals surface area contributed by atoms with Crippen LogP contribution in [0.4, 0.5) is 14.5 Å². The average molecular weight is 280 g/mol. The third-order valence-electron chi connectivity index (χ3n) is 4.72. The number of anilines is 1. The van der Waals surface area contributed by atoms with E-state index < -0.39 is 0 Å². The molecule has 2 fully saturated rings. The van der Waals surface area contributed by atoms with Gasteiger partial charge in [0.25, 0.3) is 0 Å². The zero-order valence-corrected chi connectivity index (χ0v) is 12.1. The number of nitrogens with zero attached hydrogens (tertiary/aromatic N) is 2. The summed E-state index contributed by atoms with van der Waals surface area (Å²) in [7, 11) is 0. The average Bonchev–Trinajstić information content (AvgIpc) is 2.87. The van der Waals surface area contributed by atoms with Gasteiger partial charge in [0.05, 0.1) is 5.69 Å². The Balaban J connectivity index is 1.93. The lowest BCUT2D eigenvalue weighted by atomic mass is 9.96. The fraction of sp³-hybridized carbons (Fsp3) is 0.625. The van der Waals surface area contributed by atoms with Crippen molar-refractivity contribution in [3.8, 4) is 0 Å². The predicted molar refractivity (Wildman–Crippen MR) is 76.9 cm³/mol. The van der Waals surface area contributed by atoms with Gasteiger partial charge in [-0.15, -0.1) is 0 Å². The number of piperazine rings is 1. The van der Waals surface area contributed by atoms with E-state index in [1.165, 1.54) is 24.6 Å². The van der Waals surface area contributed by atoms with Gasteiger partial charge in [0.1, 0.15) is 11.6 Å². The monoisotopic (exact) mass is 280 g/mol. The van der Waals surface area contributed by atoms with E-state index in [2.05, 4.69) is 23.6 Å². The molecule has 0 aromatic heterocycles. The summed E-state index contributed by atoms with van der Waals surface area (Å²) in [4.78, 5) is 4.61. The molecule has 0 N–H and O–H groups in total. The molecule has 0 radical (unpaired) electrons. The molecule has 4 heteroatoms. The summed E-state index contributed by atoms with van der Waals surface area (Å²) in [6.07, 6.45) is 2.38. The van der Waals surface area contributed by atoms with Crippen molar-refractivity contribution < 1.29 is 8.78 Å². The van der Waals surface area contributed by atoms with Gasteiger partial charge < -0.3 is 4.90 Å². The first-order valence-electron chi connectivity index (χ1n) is 7.52. The van der Waals surface area contributed by atoms with Crippen LogP contribution in [-0.2, 0) is 0 Å². The highest BCUT2D eigenvalue weighted by Gasteiger charge is 2.38. The van der Waals surface area contributed by atoms with Gasteiger partial charge in [-0.1, -0.05) is 13.8 Å². The fourth-order valence-electron chi connectivity index (χ4n) is 3.60. The van der Waals surface area contributed by atoms with Gasteiger partial charge in [-0.25, -0.2) is 8.78 Å².